The molecule has 0 aliphatic heterocycles. The highest BCUT2D eigenvalue weighted by Gasteiger charge is 2.11. The fraction of sp³-hybridized carbons (Fsp3) is 0.308. The minimum atomic E-state index is -0.852. The predicted molar refractivity (Wildman–Crippen MR) is 60.0 cm³/mol. The van der Waals surface area contributed by atoms with Gasteiger partial charge in [-0.3, -0.25) is 0 Å². The molecule has 2 nitrogen and oxygen atoms in total. The summed E-state index contributed by atoms with van der Waals surface area (Å²) < 4.78 is 0. The first-order valence-corrected chi connectivity index (χ1v) is 5.26. The fourth-order valence-corrected chi connectivity index (χ4v) is 1.96. The first-order valence-electron chi connectivity index (χ1n) is 5.26. The van der Waals surface area contributed by atoms with Gasteiger partial charge in [-0.25, -0.2) is 4.79 Å². The van der Waals surface area contributed by atoms with Crippen LogP contribution in [0.15, 0.2) is 23.8 Å². The maximum absolute atomic E-state index is 10.8. The summed E-state index contributed by atoms with van der Waals surface area (Å²) in [5.74, 6) is -0.852. The van der Waals surface area contributed by atoms with Crippen molar-refractivity contribution in [1.82, 2.24) is 0 Å². The third-order valence-corrected chi connectivity index (χ3v) is 2.92. The molecule has 0 fully saturated rings. The molecule has 0 saturated heterocycles. The Morgan fingerprint density at radius 1 is 1.40 bits per heavy atom. The summed E-state index contributed by atoms with van der Waals surface area (Å²) in [5.41, 5.74) is 4.13. The largest absolute Gasteiger partial charge is 0.478 e. The van der Waals surface area contributed by atoms with Gasteiger partial charge in [-0.05, 0) is 42.5 Å². The third-order valence-electron chi connectivity index (χ3n) is 2.92. The van der Waals surface area contributed by atoms with Gasteiger partial charge in [0.1, 0.15) is 0 Å². The maximum atomic E-state index is 10.8. The van der Waals surface area contributed by atoms with E-state index in [1.165, 1.54) is 11.1 Å². The van der Waals surface area contributed by atoms with Crippen molar-refractivity contribution in [1.29, 1.82) is 0 Å². The molecular formula is C13H14O2. The Labute approximate surface area is 89.2 Å². The minimum Gasteiger partial charge on any atom is -0.478 e. The molecule has 0 saturated carbocycles. The summed E-state index contributed by atoms with van der Waals surface area (Å²) in [6.07, 6.45) is 5.33. The Balaban J connectivity index is 2.44. The number of aryl methyl sites for hydroxylation is 1. The molecular weight excluding hydrogens is 188 g/mol. The molecule has 2 rings (SSSR count). The highest BCUT2D eigenvalue weighted by atomic mass is 16.4. The summed E-state index contributed by atoms with van der Waals surface area (Å²) in [4.78, 5) is 10.8. The quantitative estimate of drug-likeness (QED) is 0.800. The van der Waals surface area contributed by atoms with Crippen LogP contribution in [0.3, 0.4) is 0 Å². The number of fused-ring (bicyclic) bond motifs is 1. The Bertz CT molecular complexity index is 430. The zero-order valence-corrected chi connectivity index (χ0v) is 8.79. The average molecular weight is 202 g/mol. The Morgan fingerprint density at radius 2 is 2.20 bits per heavy atom. The normalized spacial score (nSPS) is 14.3. The van der Waals surface area contributed by atoms with Gasteiger partial charge in [-0.1, -0.05) is 24.6 Å². The van der Waals surface area contributed by atoms with Crippen LogP contribution in [0, 0.1) is 0 Å². The van der Waals surface area contributed by atoms with Crippen LogP contribution in [0.4, 0.5) is 0 Å². The molecule has 1 N–H and O–H groups in total. The molecule has 1 aliphatic carbocycles. The van der Waals surface area contributed by atoms with E-state index < -0.39 is 5.97 Å². The van der Waals surface area contributed by atoms with E-state index in [2.05, 4.69) is 13.0 Å². The zero-order chi connectivity index (χ0) is 10.8. The van der Waals surface area contributed by atoms with Crippen LogP contribution in [0.25, 0.3) is 6.08 Å². The molecule has 2 heteroatoms. The summed E-state index contributed by atoms with van der Waals surface area (Å²) in [6.45, 7) is 2.14. The minimum absolute atomic E-state index is 0.377. The number of allylic oxidation sites excluding steroid dienone is 1. The van der Waals surface area contributed by atoms with Gasteiger partial charge in [0, 0.05) is 0 Å². The van der Waals surface area contributed by atoms with Crippen molar-refractivity contribution >= 4 is 12.0 Å². The predicted octanol–water partition coefficient (Wildman–Crippen LogP) is 3.12. The maximum Gasteiger partial charge on any atom is 0.335 e. The first-order chi connectivity index (χ1) is 7.20. The molecule has 0 atom stereocenters. The smallest absolute Gasteiger partial charge is 0.335 e. The second-order valence-corrected chi connectivity index (χ2v) is 3.87. The zero-order valence-electron chi connectivity index (χ0n) is 8.79. The summed E-state index contributed by atoms with van der Waals surface area (Å²) in [6, 6.07) is 5.39. The van der Waals surface area contributed by atoms with Crippen LogP contribution in [-0.4, -0.2) is 11.1 Å². The number of benzene rings is 1. The van der Waals surface area contributed by atoms with Gasteiger partial charge in [0.25, 0.3) is 0 Å². The van der Waals surface area contributed by atoms with Crippen molar-refractivity contribution in [3.05, 3.63) is 40.5 Å². The number of rotatable bonds is 2. The van der Waals surface area contributed by atoms with E-state index in [1.54, 1.807) is 12.1 Å². The number of hydrogen-bond donors (Lipinski definition) is 1. The molecule has 0 spiro atoms. The molecule has 78 valence electrons. The van der Waals surface area contributed by atoms with Gasteiger partial charge in [0.2, 0.25) is 0 Å². The molecule has 0 bridgehead atoms. The van der Waals surface area contributed by atoms with E-state index in [9.17, 15) is 4.79 Å². The van der Waals surface area contributed by atoms with Gasteiger partial charge in [0.15, 0.2) is 0 Å². The molecule has 1 aromatic rings. The van der Waals surface area contributed by atoms with Crippen LogP contribution >= 0.6 is 0 Å². The van der Waals surface area contributed by atoms with E-state index in [0.29, 0.717) is 5.56 Å². The standard InChI is InChI=1S/C13H14O2/c1-2-9-3-4-10-5-6-11(13(14)15)8-12(10)7-9/h5-8H,2-4H2,1H3,(H,14,15). The highest BCUT2D eigenvalue weighted by molar-refractivity contribution is 5.88. The molecule has 0 radical (unpaired) electrons. The van der Waals surface area contributed by atoms with E-state index in [0.717, 1.165) is 24.8 Å². The van der Waals surface area contributed by atoms with Crippen LogP contribution in [-0.2, 0) is 6.42 Å². The molecule has 0 unspecified atom stereocenters. The lowest BCUT2D eigenvalue weighted by atomic mass is 9.90. The van der Waals surface area contributed by atoms with Gasteiger partial charge < -0.3 is 5.11 Å². The lowest BCUT2D eigenvalue weighted by Gasteiger charge is -2.15. The molecule has 1 aliphatic rings. The van der Waals surface area contributed by atoms with E-state index in [1.807, 2.05) is 6.07 Å². The van der Waals surface area contributed by atoms with E-state index >= 15 is 0 Å². The number of carboxylic acids is 1. The second kappa shape index (κ2) is 3.89. The monoisotopic (exact) mass is 202 g/mol. The Kier molecular flexibility index (Phi) is 2.58. The summed E-state index contributed by atoms with van der Waals surface area (Å²) >= 11 is 0. The van der Waals surface area contributed by atoms with Crippen molar-refractivity contribution in [2.45, 2.75) is 26.2 Å². The lowest BCUT2D eigenvalue weighted by molar-refractivity contribution is 0.0697. The van der Waals surface area contributed by atoms with Gasteiger partial charge >= 0.3 is 5.97 Å². The topological polar surface area (TPSA) is 37.3 Å². The summed E-state index contributed by atoms with van der Waals surface area (Å²) in [5, 5.41) is 8.89. The van der Waals surface area contributed by atoms with Crippen LogP contribution in [0.2, 0.25) is 0 Å². The number of carboxylic acid groups (broad SMARTS) is 1. The molecule has 0 amide bonds. The molecule has 15 heavy (non-hydrogen) atoms. The van der Waals surface area contributed by atoms with Gasteiger partial charge in [-0.15, -0.1) is 0 Å². The fourth-order valence-electron chi connectivity index (χ4n) is 1.96. The average Bonchev–Trinajstić information content (AvgIpc) is 2.27. The van der Waals surface area contributed by atoms with Crippen LogP contribution in [0.5, 0.6) is 0 Å². The molecule has 1 aromatic carbocycles. The first kappa shape index (κ1) is 9.97. The van der Waals surface area contributed by atoms with Crippen LogP contribution in [0.1, 0.15) is 41.3 Å². The third kappa shape index (κ3) is 1.94. The van der Waals surface area contributed by atoms with Crippen molar-refractivity contribution < 1.29 is 9.90 Å². The number of hydrogen-bond acceptors (Lipinski definition) is 1. The van der Waals surface area contributed by atoms with Crippen LogP contribution < -0.4 is 0 Å². The Hall–Kier alpha value is -1.57. The Morgan fingerprint density at radius 3 is 2.87 bits per heavy atom. The van der Waals surface area contributed by atoms with Gasteiger partial charge in [-0.2, -0.15) is 0 Å². The van der Waals surface area contributed by atoms with E-state index in [-0.39, 0.29) is 0 Å². The highest BCUT2D eigenvalue weighted by Crippen LogP contribution is 2.26. The van der Waals surface area contributed by atoms with Crippen molar-refractivity contribution in [3.8, 4) is 0 Å². The SMILES string of the molecule is CCC1=Cc2cc(C(=O)O)ccc2CC1. The number of aromatic carboxylic acids is 1. The molecule has 0 aromatic heterocycles. The van der Waals surface area contributed by atoms with Gasteiger partial charge in [0.05, 0.1) is 5.56 Å². The van der Waals surface area contributed by atoms with E-state index in [4.69, 9.17) is 5.11 Å². The summed E-state index contributed by atoms with van der Waals surface area (Å²) in [7, 11) is 0. The van der Waals surface area contributed by atoms with Crippen molar-refractivity contribution in [2.24, 2.45) is 0 Å². The lowest BCUT2D eigenvalue weighted by Crippen LogP contribution is -2.02. The molecule has 0 heterocycles. The van der Waals surface area contributed by atoms with Crippen molar-refractivity contribution in [3.63, 3.8) is 0 Å². The second-order valence-electron chi connectivity index (χ2n) is 3.87. The van der Waals surface area contributed by atoms with Crippen molar-refractivity contribution in [2.75, 3.05) is 0 Å². The number of carbonyl (C=O) groups is 1.